The second kappa shape index (κ2) is 9.88. The van der Waals surface area contributed by atoms with E-state index in [-0.39, 0.29) is 42.4 Å². The van der Waals surface area contributed by atoms with Crippen LogP contribution in [0.25, 0.3) is 0 Å². The zero-order chi connectivity index (χ0) is 21.1. The van der Waals surface area contributed by atoms with Crippen molar-refractivity contribution in [1.29, 1.82) is 0 Å². The molecule has 1 aromatic carbocycles. The molecule has 0 spiro atoms. The average molecular weight is 407 g/mol. The van der Waals surface area contributed by atoms with E-state index < -0.39 is 6.29 Å². The number of aliphatic hydroxyl groups is 1. The molecule has 1 aromatic rings. The van der Waals surface area contributed by atoms with E-state index in [0.717, 1.165) is 5.56 Å². The van der Waals surface area contributed by atoms with Crippen LogP contribution in [0.3, 0.4) is 0 Å². The number of hydrogen-bond donors (Lipinski definition) is 1. The van der Waals surface area contributed by atoms with E-state index in [2.05, 4.69) is 39.8 Å². The molecule has 5 heteroatoms. The van der Waals surface area contributed by atoms with E-state index >= 15 is 0 Å². The highest BCUT2D eigenvalue weighted by atomic mass is 16.7. The second-order valence-corrected chi connectivity index (χ2v) is 9.17. The van der Waals surface area contributed by atoms with Crippen LogP contribution in [-0.2, 0) is 25.6 Å². The Morgan fingerprint density at radius 2 is 1.52 bits per heavy atom. The SMILES string of the molecule is CC1C(C)[C@H](C)[C@H](COCc2ccccc2)O[C@@H]1O[C@@H]1C(C)C(O)OC(C)[C@@H]1C. The first-order valence-electron chi connectivity index (χ1n) is 11.1. The molecular formula is C24H38O5. The van der Waals surface area contributed by atoms with Crippen LogP contribution < -0.4 is 0 Å². The highest BCUT2D eigenvalue weighted by molar-refractivity contribution is 5.13. The van der Waals surface area contributed by atoms with Gasteiger partial charge in [-0.05, 0) is 24.3 Å². The summed E-state index contributed by atoms with van der Waals surface area (Å²) < 4.78 is 24.5. The predicted octanol–water partition coefficient (Wildman–Crippen LogP) is 4.23. The van der Waals surface area contributed by atoms with Gasteiger partial charge < -0.3 is 24.1 Å². The van der Waals surface area contributed by atoms with Crippen molar-refractivity contribution in [3.63, 3.8) is 0 Å². The van der Waals surface area contributed by atoms with Crippen molar-refractivity contribution in [3.05, 3.63) is 35.9 Å². The summed E-state index contributed by atoms with van der Waals surface area (Å²) in [6, 6.07) is 10.2. The minimum Gasteiger partial charge on any atom is -0.374 e. The summed E-state index contributed by atoms with van der Waals surface area (Å²) in [5.41, 5.74) is 1.16. The molecule has 0 aromatic heterocycles. The van der Waals surface area contributed by atoms with Gasteiger partial charge in [-0.2, -0.15) is 0 Å². The number of rotatable bonds is 6. The quantitative estimate of drug-likeness (QED) is 0.766. The van der Waals surface area contributed by atoms with Crippen molar-refractivity contribution >= 4 is 0 Å². The van der Waals surface area contributed by atoms with Gasteiger partial charge >= 0.3 is 0 Å². The van der Waals surface area contributed by atoms with Crippen LogP contribution >= 0.6 is 0 Å². The second-order valence-electron chi connectivity index (χ2n) is 9.17. The maximum Gasteiger partial charge on any atom is 0.161 e. The minimum absolute atomic E-state index is 0.0114. The lowest BCUT2D eigenvalue weighted by atomic mass is 9.78. The van der Waals surface area contributed by atoms with Crippen molar-refractivity contribution in [1.82, 2.24) is 0 Å². The minimum atomic E-state index is -0.800. The molecule has 0 aliphatic carbocycles. The molecule has 0 amide bonds. The van der Waals surface area contributed by atoms with Crippen LogP contribution in [0.5, 0.6) is 0 Å². The number of ether oxygens (including phenoxy) is 4. The maximum atomic E-state index is 10.2. The Hall–Kier alpha value is -0.980. The molecular weight excluding hydrogens is 368 g/mol. The number of aliphatic hydroxyl groups excluding tert-OH is 1. The molecule has 5 nitrogen and oxygen atoms in total. The zero-order valence-corrected chi connectivity index (χ0v) is 18.7. The normalized spacial score (nSPS) is 43.3. The Balaban J connectivity index is 1.62. The molecule has 164 valence electrons. The highest BCUT2D eigenvalue weighted by Crippen LogP contribution is 2.39. The fourth-order valence-corrected chi connectivity index (χ4v) is 4.48. The molecule has 2 saturated heterocycles. The van der Waals surface area contributed by atoms with Gasteiger partial charge in [-0.25, -0.2) is 0 Å². The molecule has 2 heterocycles. The Morgan fingerprint density at radius 1 is 0.828 bits per heavy atom. The Morgan fingerprint density at radius 3 is 2.21 bits per heavy atom. The molecule has 29 heavy (non-hydrogen) atoms. The summed E-state index contributed by atoms with van der Waals surface area (Å²) in [4.78, 5) is 0. The molecule has 5 unspecified atom stereocenters. The third-order valence-corrected chi connectivity index (χ3v) is 7.25. The monoisotopic (exact) mass is 406 g/mol. The van der Waals surface area contributed by atoms with E-state index in [9.17, 15) is 5.11 Å². The van der Waals surface area contributed by atoms with Crippen LogP contribution in [0.1, 0.15) is 47.1 Å². The summed E-state index contributed by atoms with van der Waals surface area (Å²) in [7, 11) is 0. The van der Waals surface area contributed by atoms with Gasteiger partial charge in [0.15, 0.2) is 12.6 Å². The zero-order valence-electron chi connectivity index (χ0n) is 18.7. The fraction of sp³-hybridized carbons (Fsp3) is 0.750. The van der Waals surface area contributed by atoms with Gasteiger partial charge in [0.05, 0.1) is 31.5 Å². The smallest absolute Gasteiger partial charge is 0.161 e. The van der Waals surface area contributed by atoms with Gasteiger partial charge in [0.2, 0.25) is 0 Å². The molecule has 2 aliphatic heterocycles. The van der Waals surface area contributed by atoms with Crippen LogP contribution in [0, 0.1) is 29.6 Å². The van der Waals surface area contributed by atoms with Crippen molar-refractivity contribution in [2.24, 2.45) is 29.6 Å². The molecule has 0 saturated carbocycles. The average Bonchev–Trinajstić information content (AvgIpc) is 2.71. The first-order valence-corrected chi connectivity index (χ1v) is 11.1. The summed E-state index contributed by atoms with van der Waals surface area (Å²) in [5.74, 6) is 1.19. The lowest BCUT2D eigenvalue weighted by Gasteiger charge is -2.48. The molecule has 1 N–H and O–H groups in total. The Labute approximate surface area is 175 Å². The van der Waals surface area contributed by atoms with Gasteiger partial charge in [-0.3, -0.25) is 0 Å². The van der Waals surface area contributed by atoms with Crippen LogP contribution in [0.2, 0.25) is 0 Å². The first kappa shape index (κ1) is 22.7. The topological polar surface area (TPSA) is 57.2 Å². The Kier molecular flexibility index (Phi) is 7.74. The van der Waals surface area contributed by atoms with E-state index in [0.29, 0.717) is 25.0 Å². The molecule has 2 aliphatic rings. The largest absolute Gasteiger partial charge is 0.374 e. The summed E-state index contributed by atoms with van der Waals surface area (Å²) >= 11 is 0. The molecule has 0 bridgehead atoms. The predicted molar refractivity (Wildman–Crippen MR) is 112 cm³/mol. The van der Waals surface area contributed by atoms with Crippen molar-refractivity contribution in [2.45, 2.75) is 79.0 Å². The van der Waals surface area contributed by atoms with E-state index in [4.69, 9.17) is 18.9 Å². The van der Waals surface area contributed by atoms with Crippen LogP contribution in [0.15, 0.2) is 30.3 Å². The number of benzene rings is 1. The van der Waals surface area contributed by atoms with Crippen molar-refractivity contribution in [2.75, 3.05) is 6.61 Å². The highest BCUT2D eigenvalue weighted by Gasteiger charge is 2.45. The molecule has 0 radical (unpaired) electrons. The number of hydrogen-bond acceptors (Lipinski definition) is 5. The van der Waals surface area contributed by atoms with Gasteiger partial charge in [-0.1, -0.05) is 65.0 Å². The van der Waals surface area contributed by atoms with Crippen molar-refractivity contribution in [3.8, 4) is 0 Å². The van der Waals surface area contributed by atoms with Crippen LogP contribution in [-0.4, -0.2) is 42.6 Å². The lowest BCUT2D eigenvalue weighted by molar-refractivity contribution is -0.316. The van der Waals surface area contributed by atoms with E-state index in [1.54, 1.807) is 0 Å². The molecule has 3 rings (SSSR count). The van der Waals surface area contributed by atoms with Gasteiger partial charge in [0.1, 0.15) is 0 Å². The van der Waals surface area contributed by atoms with Gasteiger partial charge in [0.25, 0.3) is 0 Å². The fourth-order valence-electron chi connectivity index (χ4n) is 4.48. The first-order chi connectivity index (χ1) is 13.8. The van der Waals surface area contributed by atoms with Gasteiger partial charge in [-0.15, -0.1) is 0 Å². The standard InChI is InChI=1S/C24H38O5/c1-14-15(2)21(13-26-12-20-10-8-7-9-11-20)28-24(16(14)3)29-22-17(4)19(6)27-23(25)18(22)5/h7-11,14-19,21-25H,12-13H2,1-6H3/t14?,15-,16?,17-,18?,19?,21-,22-,23?,24+/m0/s1. The third kappa shape index (κ3) is 5.20. The third-order valence-electron chi connectivity index (χ3n) is 7.25. The lowest BCUT2D eigenvalue weighted by Crippen LogP contribution is -2.54. The summed E-state index contributed by atoms with van der Waals surface area (Å²) in [6.45, 7) is 13.9. The summed E-state index contributed by atoms with van der Waals surface area (Å²) in [5, 5.41) is 10.2. The van der Waals surface area contributed by atoms with Crippen molar-refractivity contribution < 1.29 is 24.1 Å². The molecule has 2 fully saturated rings. The molecule has 10 atom stereocenters. The van der Waals surface area contributed by atoms with E-state index in [1.807, 2.05) is 32.0 Å². The van der Waals surface area contributed by atoms with Crippen LogP contribution in [0.4, 0.5) is 0 Å². The summed E-state index contributed by atoms with van der Waals surface area (Å²) in [6.07, 6.45) is -1.27. The van der Waals surface area contributed by atoms with Gasteiger partial charge in [0, 0.05) is 17.8 Å². The Bertz CT molecular complexity index is 609. The maximum absolute atomic E-state index is 10.2. The van der Waals surface area contributed by atoms with E-state index in [1.165, 1.54) is 0 Å².